The lowest BCUT2D eigenvalue weighted by Crippen LogP contribution is -2.10. The summed E-state index contributed by atoms with van der Waals surface area (Å²) in [5.41, 5.74) is 1.16. The van der Waals surface area contributed by atoms with Crippen molar-refractivity contribution >= 4 is 0 Å². The van der Waals surface area contributed by atoms with Crippen LogP contribution in [0.15, 0.2) is 18.3 Å². The number of hydrogen-bond acceptors (Lipinski definition) is 2. The number of pyridine rings is 1. The van der Waals surface area contributed by atoms with Gasteiger partial charge in [-0.1, -0.05) is 13.0 Å². The van der Waals surface area contributed by atoms with E-state index in [4.69, 9.17) is 4.74 Å². The van der Waals surface area contributed by atoms with Crippen molar-refractivity contribution < 1.29 is 4.74 Å². The summed E-state index contributed by atoms with van der Waals surface area (Å²) in [7, 11) is 0. The van der Waals surface area contributed by atoms with Gasteiger partial charge in [-0.25, -0.2) is 4.98 Å². The zero-order valence-electron chi connectivity index (χ0n) is 7.87. The van der Waals surface area contributed by atoms with Crippen LogP contribution in [0, 0.1) is 6.92 Å². The predicted molar refractivity (Wildman–Crippen MR) is 49.4 cm³/mol. The molecule has 66 valence electrons. The lowest BCUT2D eigenvalue weighted by Gasteiger charge is -2.10. The van der Waals surface area contributed by atoms with E-state index in [2.05, 4.69) is 11.9 Å². The summed E-state index contributed by atoms with van der Waals surface area (Å²) in [5.74, 6) is 0.718. The van der Waals surface area contributed by atoms with Gasteiger partial charge in [0.15, 0.2) is 0 Å². The van der Waals surface area contributed by atoms with E-state index in [-0.39, 0.29) is 6.10 Å². The lowest BCUT2D eigenvalue weighted by molar-refractivity contribution is 0.208. The highest BCUT2D eigenvalue weighted by molar-refractivity contribution is 5.16. The molecule has 0 amide bonds. The van der Waals surface area contributed by atoms with Gasteiger partial charge in [0.2, 0.25) is 5.88 Å². The third kappa shape index (κ3) is 2.53. The number of nitrogens with zero attached hydrogens (tertiary/aromatic N) is 1. The van der Waals surface area contributed by atoms with E-state index in [1.807, 2.05) is 32.2 Å². The molecule has 0 saturated carbocycles. The number of ether oxygens (including phenoxy) is 1. The highest BCUT2D eigenvalue weighted by Crippen LogP contribution is 2.09. The molecule has 0 bridgehead atoms. The van der Waals surface area contributed by atoms with Crippen molar-refractivity contribution in [1.82, 2.24) is 4.98 Å². The van der Waals surface area contributed by atoms with E-state index >= 15 is 0 Å². The zero-order valence-corrected chi connectivity index (χ0v) is 7.87. The Balaban J connectivity index is 2.58. The van der Waals surface area contributed by atoms with Crippen molar-refractivity contribution in [3.8, 4) is 5.88 Å². The monoisotopic (exact) mass is 165 g/mol. The standard InChI is InChI=1S/C10H15NO/c1-4-9(3)12-10-6-5-8(2)7-11-10/h5-7,9H,4H2,1-3H3. The second-order valence-corrected chi connectivity index (χ2v) is 3.01. The first-order chi connectivity index (χ1) is 5.72. The third-order valence-corrected chi connectivity index (χ3v) is 1.78. The number of aromatic nitrogens is 1. The van der Waals surface area contributed by atoms with E-state index < -0.39 is 0 Å². The Kier molecular flexibility index (Phi) is 3.09. The Hall–Kier alpha value is -1.05. The molecule has 2 nitrogen and oxygen atoms in total. The maximum absolute atomic E-state index is 5.51. The topological polar surface area (TPSA) is 22.1 Å². The molecule has 0 aliphatic carbocycles. The second-order valence-electron chi connectivity index (χ2n) is 3.01. The van der Waals surface area contributed by atoms with Gasteiger partial charge in [-0.3, -0.25) is 0 Å². The molecule has 12 heavy (non-hydrogen) atoms. The summed E-state index contributed by atoms with van der Waals surface area (Å²) < 4.78 is 5.51. The van der Waals surface area contributed by atoms with E-state index in [0.717, 1.165) is 17.9 Å². The van der Waals surface area contributed by atoms with Gasteiger partial charge >= 0.3 is 0 Å². The summed E-state index contributed by atoms with van der Waals surface area (Å²) in [6, 6.07) is 3.91. The molecule has 0 aliphatic rings. The SMILES string of the molecule is CCC(C)Oc1ccc(C)cn1. The minimum atomic E-state index is 0.250. The third-order valence-electron chi connectivity index (χ3n) is 1.78. The fourth-order valence-electron chi connectivity index (χ4n) is 0.813. The molecular weight excluding hydrogens is 150 g/mol. The molecule has 1 aromatic heterocycles. The average molecular weight is 165 g/mol. The number of aryl methyl sites for hydroxylation is 1. The Morgan fingerprint density at radius 2 is 2.25 bits per heavy atom. The smallest absolute Gasteiger partial charge is 0.213 e. The molecule has 0 N–H and O–H groups in total. The van der Waals surface area contributed by atoms with Crippen LogP contribution in [0.25, 0.3) is 0 Å². The minimum Gasteiger partial charge on any atom is -0.475 e. The fraction of sp³-hybridized carbons (Fsp3) is 0.500. The van der Waals surface area contributed by atoms with Gasteiger partial charge in [0.05, 0.1) is 6.10 Å². The maximum atomic E-state index is 5.51. The van der Waals surface area contributed by atoms with E-state index in [1.54, 1.807) is 0 Å². The van der Waals surface area contributed by atoms with Crippen LogP contribution in [-0.2, 0) is 0 Å². The molecule has 0 aliphatic heterocycles. The van der Waals surface area contributed by atoms with Gasteiger partial charge in [-0.15, -0.1) is 0 Å². The lowest BCUT2D eigenvalue weighted by atomic mass is 10.3. The second kappa shape index (κ2) is 4.10. The van der Waals surface area contributed by atoms with Crippen molar-refractivity contribution in [3.05, 3.63) is 23.9 Å². The summed E-state index contributed by atoms with van der Waals surface area (Å²) in [6.07, 6.45) is 3.08. The maximum Gasteiger partial charge on any atom is 0.213 e. The molecule has 0 fully saturated rings. The molecular formula is C10H15NO. The summed E-state index contributed by atoms with van der Waals surface area (Å²) in [5, 5.41) is 0. The van der Waals surface area contributed by atoms with Crippen LogP contribution in [0.5, 0.6) is 5.88 Å². The first-order valence-electron chi connectivity index (χ1n) is 4.31. The van der Waals surface area contributed by atoms with E-state index in [9.17, 15) is 0 Å². The quantitative estimate of drug-likeness (QED) is 0.686. The first kappa shape index (κ1) is 9.04. The van der Waals surface area contributed by atoms with Crippen LogP contribution in [-0.4, -0.2) is 11.1 Å². The van der Waals surface area contributed by atoms with Crippen molar-refractivity contribution in [2.24, 2.45) is 0 Å². The Bertz CT molecular complexity index is 230. The molecule has 2 heteroatoms. The van der Waals surface area contributed by atoms with E-state index in [0.29, 0.717) is 0 Å². The van der Waals surface area contributed by atoms with Crippen LogP contribution in [0.3, 0.4) is 0 Å². The van der Waals surface area contributed by atoms with Gasteiger partial charge in [0.25, 0.3) is 0 Å². The van der Waals surface area contributed by atoms with Crippen LogP contribution in [0.1, 0.15) is 25.8 Å². The summed E-state index contributed by atoms with van der Waals surface area (Å²) >= 11 is 0. The normalized spacial score (nSPS) is 12.6. The molecule has 1 unspecified atom stereocenters. The fourth-order valence-corrected chi connectivity index (χ4v) is 0.813. The van der Waals surface area contributed by atoms with Crippen LogP contribution >= 0.6 is 0 Å². The first-order valence-corrected chi connectivity index (χ1v) is 4.31. The van der Waals surface area contributed by atoms with Gasteiger partial charge in [0, 0.05) is 12.3 Å². The Morgan fingerprint density at radius 3 is 2.75 bits per heavy atom. The molecule has 1 rings (SSSR count). The Morgan fingerprint density at radius 1 is 1.50 bits per heavy atom. The van der Waals surface area contributed by atoms with Crippen LogP contribution in [0.4, 0.5) is 0 Å². The minimum absolute atomic E-state index is 0.250. The molecule has 0 radical (unpaired) electrons. The van der Waals surface area contributed by atoms with Gasteiger partial charge in [-0.2, -0.15) is 0 Å². The van der Waals surface area contributed by atoms with Crippen molar-refractivity contribution in [2.75, 3.05) is 0 Å². The molecule has 0 saturated heterocycles. The van der Waals surface area contributed by atoms with Crippen molar-refractivity contribution in [1.29, 1.82) is 0 Å². The average Bonchev–Trinajstić information content (AvgIpc) is 2.09. The summed E-state index contributed by atoms with van der Waals surface area (Å²) in [6.45, 7) is 6.15. The van der Waals surface area contributed by atoms with Gasteiger partial charge in [0.1, 0.15) is 0 Å². The molecule has 1 heterocycles. The molecule has 0 spiro atoms. The Labute approximate surface area is 73.6 Å². The molecule has 0 aromatic carbocycles. The van der Waals surface area contributed by atoms with Crippen molar-refractivity contribution in [2.45, 2.75) is 33.3 Å². The molecule has 1 aromatic rings. The largest absolute Gasteiger partial charge is 0.475 e. The van der Waals surface area contributed by atoms with Gasteiger partial charge < -0.3 is 4.74 Å². The van der Waals surface area contributed by atoms with Gasteiger partial charge in [-0.05, 0) is 25.8 Å². The van der Waals surface area contributed by atoms with Crippen LogP contribution in [0.2, 0.25) is 0 Å². The number of hydrogen-bond donors (Lipinski definition) is 0. The summed E-state index contributed by atoms with van der Waals surface area (Å²) in [4.78, 5) is 4.14. The highest BCUT2D eigenvalue weighted by atomic mass is 16.5. The predicted octanol–water partition coefficient (Wildman–Crippen LogP) is 2.57. The molecule has 1 atom stereocenters. The van der Waals surface area contributed by atoms with Crippen LogP contribution < -0.4 is 4.74 Å². The van der Waals surface area contributed by atoms with Crippen molar-refractivity contribution in [3.63, 3.8) is 0 Å². The van der Waals surface area contributed by atoms with E-state index in [1.165, 1.54) is 0 Å². The number of rotatable bonds is 3. The highest BCUT2D eigenvalue weighted by Gasteiger charge is 2.00. The zero-order chi connectivity index (χ0) is 8.97.